The molecule has 0 N–H and O–H groups in total. The van der Waals surface area contributed by atoms with Crippen LogP contribution in [0.2, 0.25) is 0 Å². The molecule has 0 fully saturated rings. The second kappa shape index (κ2) is 14.9. The molecule has 0 aliphatic carbocycles. The molecule has 0 amide bonds. The van der Waals surface area contributed by atoms with Crippen molar-refractivity contribution < 1.29 is 31.8 Å². The van der Waals surface area contributed by atoms with Gasteiger partial charge in [-0.1, -0.05) is 95.8 Å². The maximum atomic E-state index is 11.2. The molecule has 3 nitrogen and oxygen atoms in total. The SMILES string of the molecule is CCCCCCCCCCCCCCc1ccccc1S(=O)(=O)[O-].[Li+]. The summed E-state index contributed by atoms with van der Waals surface area (Å²) in [5, 5.41) is 0. The molecule has 0 aliphatic rings. The van der Waals surface area contributed by atoms with Crippen LogP contribution < -0.4 is 18.9 Å². The van der Waals surface area contributed by atoms with Crippen molar-refractivity contribution in [1.82, 2.24) is 0 Å². The van der Waals surface area contributed by atoms with Crippen LogP contribution in [0.15, 0.2) is 29.2 Å². The maximum absolute atomic E-state index is 11.2. The van der Waals surface area contributed by atoms with Crippen LogP contribution in [0.4, 0.5) is 0 Å². The minimum absolute atomic E-state index is 0. The largest absolute Gasteiger partial charge is 1.00 e. The quantitative estimate of drug-likeness (QED) is 0.291. The first-order valence-electron chi connectivity index (χ1n) is 9.59. The molecule has 5 heteroatoms. The molecule has 138 valence electrons. The number of benzene rings is 1. The van der Waals surface area contributed by atoms with Crippen molar-refractivity contribution in [2.75, 3.05) is 0 Å². The van der Waals surface area contributed by atoms with E-state index >= 15 is 0 Å². The minimum Gasteiger partial charge on any atom is -0.744 e. The Bertz CT molecular complexity index is 544. The fourth-order valence-electron chi connectivity index (χ4n) is 3.11. The third-order valence-electron chi connectivity index (χ3n) is 4.54. The Kier molecular flexibility index (Phi) is 14.7. The Hall–Kier alpha value is -0.273. The summed E-state index contributed by atoms with van der Waals surface area (Å²) in [6.45, 7) is 2.25. The van der Waals surface area contributed by atoms with Crippen molar-refractivity contribution >= 4 is 10.1 Å². The van der Waals surface area contributed by atoms with E-state index in [9.17, 15) is 13.0 Å². The van der Waals surface area contributed by atoms with Gasteiger partial charge in [0, 0.05) is 0 Å². The summed E-state index contributed by atoms with van der Waals surface area (Å²) in [7, 11) is -4.35. The third-order valence-corrected chi connectivity index (χ3v) is 5.48. The second-order valence-corrected chi connectivity index (χ2v) is 8.05. The number of unbranched alkanes of at least 4 members (excludes halogenated alkanes) is 11. The molecule has 1 rings (SSSR count). The van der Waals surface area contributed by atoms with Gasteiger partial charge in [0.05, 0.1) is 4.90 Å². The zero-order valence-corrected chi connectivity index (χ0v) is 17.0. The van der Waals surface area contributed by atoms with Gasteiger partial charge in [-0.3, -0.25) is 0 Å². The van der Waals surface area contributed by atoms with Crippen molar-refractivity contribution in [1.29, 1.82) is 0 Å². The Morgan fingerprint density at radius 3 is 1.68 bits per heavy atom. The summed E-state index contributed by atoms with van der Waals surface area (Å²) in [6, 6.07) is 6.57. The van der Waals surface area contributed by atoms with E-state index in [1.807, 2.05) is 0 Å². The van der Waals surface area contributed by atoms with Gasteiger partial charge in [-0.25, -0.2) is 8.42 Å². The van der Waals surface area contributed by atoms with Crippen molar-refractivity contribution in [3.8, 4) is 0 Å². The molecule has 0 spiro atoms. The fourth-order valence-corrected chi connectivity index (χ4v) is 3.85. The van der Waals surface area contributed by atoms with E-state index in [1.54, 1.807) is 18.2 Å². The molecular formula is C20H33LiO3S. The number of aryl methyl sites for hydroxylation is 1. The molecule has 0 bridgehead atoms. The fraction of sp³-hybridized carbons (Fsp3) is 0.700. The van der Waals surface area contributed by atoms with Gasteiger partial charge in [-0.15, -0.1) is 0 Å². The first-order chi connectivity index (χ1) is 11.6. The Labute approximate surface area is 166 Å². The maximum Gasteiger partial charge on any atom is 1.00 e. The Morgan fingerprint density at radius 2 is 1.20 bits per heavy atom. The topological polar surface area (TPSA) is 57.2 Å². The van der Waals surface area contributed by atoms with Crippen molar-refractivity contribution in [3.05, 3.63) is 29.8 Å². The van der Waals surface area contributed by atoms with Crippen LogP contribution in [0.25, 0.3) is 0 Å². The molecule has 0 saturated carbocycles. The normalized spacial score (nSPS) is 11.3. The van der Waals surface area contributed by atoms with Crippen LogP contribution >= 0.6 is 0 Å². The van der Waals surface area contributed by atoms with Crippen LogP contribution in [0.1, 0.15) is 89.5 Å². The van der Waals surface area contributed by atoms with Gasteiger partial charge in [0.2, 0.25) is 0 Å². The molecule has 0 aromatic heterocycles. The minimum atomic E-state index is -4.35. The Morgan fingerprint density at radius 1 is 0.760 bits per heavy atom. The molecule has 0 heterocycles. The van der Waals surface area contributed by atoms with Gasteiger partial charge in [0.15, 0.2) is 0 Å². The van der Waals surface area contributed by atoms with Crippen LogP contribution in [-0.4, -0.2) is 13.0 Å². The monoisotopic (exact) mass is 360 g/mol. The van der Waals surface area contributed by atoms with Gasteiger partial charge < -0.3 is 4.55 Å². The van der Waals surface area contributed by atoms with Crippen molar-refractivity contribution in [2.45, 2.75) is 95.3 Å². The number of hydrogen-bond acceptors (Lipinski definition) is 3. The molecule has 0 atom stereocenters. The van der Waals surface area contributed by atoms with E-state index in [2.05, 4.69) is 6.92 Å². The molecule has 1 aromatic carbocycles. The van der Waals surface area contributed by atoms with Gasteiger partial charge in [0.1, 0.15) is 10.1 Å². The van der Waals surface area contributed by atoms with E-state index in [0.717, 1.165) is 12.8 Å². The van der Waals surface area contributed by atoms with Gasteiger partial charge >= 0.3 is 18.9 Å². The average Bonchev–Trinajstić information content (AvgIpc) is 2.55. The van der Waals surface area contributed by atoms with Crippen LogP contribution in [0.3, 0.4) is 0 Å². The first kappa shape index (κ1) is 24.7. The second-order valence-electron chi connectivity index (χ2n) is 6.70. The molecular weight excluding hydrogens is 327 g/mol. The van der Waals surface area contributed by atoms with Crippen LogP contribution in [0, 0.1) is 0 Å². The van der Waals surface area contributed by atoms with Crippen molar-refractivity contribution in [3.63, 3.8) is 0 Å². The van der Waals surface area contributed by atoms with E-state index in [1.165, 1.54) is 70.3 Å². The summed E-state index contributed by atoms with van der Waals surface area (Å²) in [5.74, 6) is 0. The standard InChI is InChI=1S/C20H34O3S.Li/c1-2-3-4-5-6-7-8-9-10-11-12-13-16-19-17-14-15-18-20(19)24(21,22)23;/h14-15,17-18H,2-13,16H2,1H3,(H,21,22,23);/q;+1/p-1. The summed E-state index contributed by atoms with van der Waals surface area (Å²) >= 11 is 0. The van der Waals surface area contributed by atoms with Crippen LogP contribution in [-0.2, 0) is 16.5 Å². The molecule has 0 radical (unpaired) electrons. The van der Waals surface area contributed by atoms with Gasteiger partial charge in [-0.2, -0.15) is 0 Å². The summed E-state index contributed by atoms with van der Waals surface area (Å²) in [5.41, 5.74) is 0.666. The molecule has 1 aromatic rings. The summed E-state index contributed by atoms with van der Waals surface area (Å²) < 4.78 is 33.6. The molecule has 25 heavy (non-hydrogen) atoms. The number of hydrogen-bond donors (Lipinski definition) is 0. The predicted octanol–water partition coefficient (Wildman–Crippen LogP) is 2.84. The van der Waals surface area contributed by atoms with Gasteiger partial charge in [0.25, 0.3) is 0 Å². The predicted molar refractivity (Wildman–Crippen MR) is 99.2 cm³/mol. The smallest absolute Gasteiger partial charge is 0.744 e. The van der Waals surface area contributed by atoms with Crippen molar-refractivity contribution in [2.24, 2.45) is 0 Å². The zero-order chi connectivity index (χ0) is 17.7. The van der Waals surface area contributed by atoms with E-state index in [-0.39, 0.29) is 23.8 Å². The molecule has 0 aliphatic heterocycles. The zero-order valence-electron chi connectivity index (χ0n) is 16.1. The average molecular weight is 360 g/mol. The Balaban J connectivity index is 0.00000576. The van der Waals surface area contributed by atoms with E-state index in [0.29, 0.717) is 12.0 Å². The first-order valence-corrected chi connectivity index (χ1v) is 11.0. The number of rotatable bonds is 14. The third kappa shape index (κ3) is 11.9. The molecule has 0 unspecified atom stereocenters. The molecule has 0 saturated heterocycles. The van der Waals surface area contributed by atoms with Gasteiger partial charge in [-0.05, 0) is 24.5 Å². The van der Waals surface area contributed by atoms with Crippen LogP contribution in [0.5, 0.6) is 0 Å². The summed E-state index contributed by atoms with van der Waals surface area (Å²) in [4.78, 5) is -0.0481. The van der Waals surface area contributed by atoms with E-state index < -0.39 is 10.1 Å². The van der Waals surface area contributed by atoms with E-state index in [4.69, 9.17) is 0 Å². The summed E-state index contributed by atoms with van der Waals surface area (Å²) in [6.07, 6.45) is 16.0.